The topological polar surface area (TPSA) is 75.7 Å². The maximum Gasteiger partial charge on any atom is 0.254 e. The SMILES string of the molecule is CC(C)NS(=O)(=O)c1ccc(C(=O)N2CCOC(C)(C)C2)cc1. The second kappa shape index (κ2) is 6.59. The number of ether oxygens (including phenoxy) is 1. The molecule has 1 saturated heterocycles. The summed E-state index contributed by atoms with van der Waals surface area (Å²) in [7, 11) is -3.54. The van der Waals surface area contributed by atoms with Gasteiger partial charge in [0, 0.05) is 24.7 Å². The van der Waals surface area contributed by atoms with Crippen molar-refractivity contribution in [3.63, 3.8) is 0 Å². The van der Waals surface area contributed by atoms with E-state index in [1.807, 2.05) is 13.8 Å². The molecule has 0 aliphatic carbocycles. The van der Waals surface area contributed by atoms with E-state index in [9.17, 15) is 13.2 Å². The van der Waals surface area contributed by atoms with E-state index in [0.717, 1.165) is 0 Å². The number of nitrogens with one attached hydrogen (secondary N) is 1. The molecule has 0 radical (unpaired) electrons. The van der Waals surface area contributed by atoms with Gasteiger partial charge in [-0.3, -0.25) is 4.79 Å². The molecule has 1 N–H and O–H groups in total. The Balaban J connectivity index is 2.15. The minimum Gasteiger partial charge on any atom is -0.372 e. The molecular weight excluding hydrogens is 316 g/mol. The maximum atomic E-state index is 12.5. The average molecular weight is 340 g/mol. The Morgan fingerprint density at radius 1 is 1.26 bits per heavy atom. The molecule has 0 atom stereocenters. The van der Waals surface area contributed by atoms with E-state index in [4.69, 9.17) is 4.74 Å². The Bertz CT molecular complexity index is 666. The number of amides is 1. The molecule has 128 valence electrons. The van der Waals surface area contributed by atoms with Gasteiger partial charge < -0.3 is 9.64 Å². The first-order valence-corrected chi connectivity index (χ1v) is 9.15. The van der Waals surface area contributed by atoms with Crippen molar-refractivity contribution in [2.45, 2.75) is 44.2 Å². The van der Waals surface area contributed by atoms with Crippen LogP contribution in [0.1, 0.15) is 38.1 Å². The van der Waals surface area contributed by atoms with Crippen LogP contribution in [0.5, 0.6) is 0 Å². The molecule has 1 aliphatic heterocycles. The monoisotopic (exact) mass is 340 g/mol. The predicted molar refractivity (Wildman–Crippen MR) is 87.8 cm³/mol. The lowest BCUT2D eigenvalue weighted by molar-refractivity contribution is -0.0764. The first kappa shape index (κ1) is 17.9. The Morgan fingerprint density at radius 3 is 2.39 bits per heavy atom. The van der Waals surface area contributed by atoms with Gasteiger partial charge in [0.15, 0.2) is 0 Å². The van der Waals surface area contributed by atoms with Crippen LogP contribution < -0.4 is 4.72 Å². The fourth-order valence-corrected chi connectivity index (χ4v) is 3.78. The van der Waals surface area contributed by atoms with Crippen molar-refractivity contribution in [1.82, 2.24) is 9.62 Å². The fourth-order valence-electron chi connectivity index (χ4n) is 2.53. The highest BCUT2D eigenvalue weighted by molar-refractivity contribution is 7.89. The molecule has 0 saturated carbocycles. The molecular formula is C16H24N2O4S. The van der Waals surface area contributed by atoms with Crippen LogP contribution in [0.3, 0.4) is 0 Å². The molecule has 1 aromatic carbocycles. The lowest BCUT2D eigenvalue weighted by Gasteiger charge is -2.38. The van der Waals surface area contributed by atoms with Gasteiger partial charge in [-0.15, -0.1) is 0 Å². The van der Waals surface area contributed by atoms with E-state index in [2.05, 4.69) is 4.72 Å². The van der Waals surface area contributed by atoms with E-state index in [-0.39, 0.29) is 22.4 Å². The minimum absolute atomic E-state index is 0.109. The predicted octanol–water partition coefficient (Wildman–Crippen LogP) is 1.62. The van der Waals surface area contributed by atoms with Crippen molar-refractivity contribution < 1.29 is 17.9 Å². The van der Waals surface area contributed by atoms with Crippen LogP contribution in [-0.4, -0.2) is 50.6 Å². The van der Waals surface area contributed by atoms with Crippen molar-refractivity contribution in [2.24, 2.45) is 0 Å². The molecule has 6 nitrogen and oxygen atoms in total. The molecule has 1 heterocycles. The van der Waals surface area contributed by atoms with Crippen LogP contribution in [0, 0.1) is 0 Å². The number of carbonyl (C=O) groups excluding carboxylic acids is 1. The second-order valence-electron chi connectivity index (χ2n) is 6.64. The van der Waals surface area contributed by atoms with Crippen molar-refractivity contribution in [3.8, 4) is 0 Å². The highest BCUT2D eigenvalue weighted by Gasteiger charge is 2.30. The van der Waals surface area contributed by atoms with E-state index in [0.29, 0.717) is 25.3 Å². The number of rotatable bonds is 4. The van der Waals surface area contributed by atoms with Crippen molar-refractivity contribution in [1.29, 1.82) is 0 Å². The summed E-state index contributed by atoms with van der Waals surface area (Å²) in [6, 6.07) is 5.85. The summed E-state index contributed by atoms with van der Waals surface area (Å²) in [6.07, 6.45) is 0. The van der Waals surface area contributed by atoms with E-state index < -0.39 is 10.0 Å². The summed E-state index contributed by atoms with van der Waals surface area (Å²) < 4.78 is 32.3. The van der Waals surface area contributed by atoms with Gasteiger partial charge in [0.2, 0.25) is 10.0 Å². The standard InChI is InChI=1S/C16H24N2O4S/c1-12(2)17-23(20,21)14-7-5-13(6-8-14)15(19)18-9-10-22-16(3,4)11-18/h5-8,12,17H,9-11H2,1-4H3. The number of benzene rings is 1. The number of morpholine rings is 1. The normalized spacial score (nSPS) is 18.2. The Labute approximate surface area is 137 Å². The lowest BCUT2D eigenvalue weighted by atomic mass is 10.1. The van der Waals surface area contributed by atoms with Crippen LogP contribution in [0.25, 0.3) is 0 Å². The van der Waals surface area contributed by atoms with Gasteiger partial charge in [0.05, 0.1) is 17.1 Å². The van der Waals surface area contributed by atoms with Gasteiger partial charge in [-0.25, -0.2) is 13.1 Å². The average Bonchev–Trinajstić information content (AvgIpc) is 2.44. The van der Waals surface area contributed by atoms with Crippen LogP contribution in [0.2, 0.25) is 0 Å². The first-order chi connectivity index (χ1) is 10.6. The Morgan fingerprint density at radius 2 is 1.87 bits per heavy atom. The largest absolute Gasteiger partial charge is 0.372 e. The Kier molecular flexibility index (Phi) is 5.13. The third kappa shape index (κ3) is 4.53. The summed E-state index contributed by atoms with van der Waals surface area (Å²) in [6.45, 7) is 8.96. The van der Waals surface area contributed by atoms with Gasteiger partial charge >= 0.3 is 0 Å². The lowest BCUT2D eigenvalue weighted by Crippen LogP contribution is -2.50. The van der Waals surface area contributed by atoms with Crippen LogP contribution >= 0.6 is 0 Å². The Hall–Kier alpha value is -1.44. The molecule has 0 bridgehead atoms. The van der Waals surface area contributed by atoms with Gasteiger partial charge in [0.25, 0.3) is 5.91 Å². The van der Waals surface area contributed by atoms with E-state index in [1.165, 1.54) is 12.1 Å². The molecule has 0 unspecified atom stereocenters. The van der Waals surface area contributed by atoms with Gasteiger partial charge in [-0.1, -0.05) is 0 Å². The summed E-state index contributed by atoms with van der Waals surface area (Å²) >= 11 is 0. The molecule has 0 spiro atoms. The quantitative estimate of drug-likeness (QED) is 0.904. The number of hydrogen-bond acceptors (Lipinski definition) is 4. The summed E-state index contributed by atoms with van der Waals surface area (Å²) in [5.74, 6) is -0.109. The molecule has 2 rings (SSSR count). The van der Waals surface area contributed by atoms with Crippen molar-refractivity contribution in [3.05, 3.63) is 29.8 Å². The third-order valence-electron chi connectivity index (χ3n) is 3.52. The van der Waals surface area contributed by atoms with Crippen LogP contribution in [0.15, 0.2) is 29.2 Å². The number of carbonyl (C=O) groups is 1. The molecule has 1 fully saturated rings. The smallest absolute Gasteiger partial charge is 0.254 e. The van der Waals surface area contributed by atoms with Gasteiger partial charge in [-0.05, 0) is 52.0 Å². The van der Waals surface area contributed by atoms with E-state index in [1.54, 1.807) is 30.9 Å². The van der Waals surface area contributed by atoms with Crippen molar-refractivity contribution >= 4 is 15.9 Å². The molecule has 1 aromatic rings. The summed E-state index contributed by atoms with van der Waals surface area (Å²) in [5.41, 5.74) is 0.115. The molecule has 0 aromatic heterocycles. The highest BCUT2D eigenvalue weighted by Crippen LogP contribution is 2.19. The summed E-state index contributed by atoms with van der Waals surface area (Å²) in [4.78, 5) is 14.4. The van der Waals surface area contributed by atoms with E-state index >= 15 is 0 Å². The second-order valence-corrected chi connectivity index (χ2v) is 8.35. The highest BCUT2D eigenvalue weighted by atomic mass is 32.2. The molecule has 1 aliphatic rings. The fraction of sp³-hybridized carbons (Fsp3) is 0.562. The zero-order valence-electron chi connectivity index (χ0n) is 14.0. The molecule has 1 amide bonds. The van der Waals surface area contributed by atoms with Gasteiger partial charge in [-0.2, -0.15) is 0 Å². The summed E-state index contributed by atoms with van der Waals surface area (Å²) in [5, 5.41) is 0. The number of nitrogens with zero attached hydrogens (tertiary/aromatic N) is 1. The van der Waals surface area contributed by atoms with Crippen molar-refractivity contribution in [2.75, 3.05) is 19.7 Å². The zero-order valence-corrected chi connectivity index (χ0v) is 14.8. The van der Waals surface area contributed by atoms with Gasteiger partial charge in [0.1, 0.15) is 0 Å². The third-order valence-corrected chi connectivity index (χ3v) is 5.19. The van der Waals surface area contributed by atoms with Crippen LogP contribution in [0.4, 0.5) is 0 Å². The molecule has 23 heavy (non-hydrogen) atoms. The number of hydrogen-bond donors (Lipinski definition) is 1. The first-order valence-electron chi connectivity index (χ1n) is 7.66. The minimum atomic E-state index is -3.54. The zero-order chi connectivity index (χ0) is 17.3. The molecule has 7 heteroatoms. The maximum absolute atomic E-state index is 12.5. The van der Waals surface area contributed by atoms with Crippen LogP contribution in [-0.2, 0) is 14.8 Å². The number of sulfonamides is 1.